The van der Waals surface area contributed by atoms with Crippen molar-refractivity contribution in [3.05, 3.63) is 35.9 Å². The molecule has 0 N–H and O–H groups in total. The summed E-state index contributed by atoms with van der Waals surface area (Å²) in [6.45, 7) is 4.51. The van der Waals surface area contributed by atoms with Crippen molar-refractivity contribution in [1.82, 2.24) is 0 Å². The third kappa shape index (κ3) is 4.01. The summed E-state index contributed by atoms with van der Waals surface area (Å²) >= 11 is 0. The van der Waals surface area contributed by atoms with E-state index in [-0.39, 0.29) is 10.9 Å². The van der Waals surface area contributed by atoms with Gasteiger partial charge in [0.05, 0.1) is 0 Å². The van der Waals surface area contributed by atoms with Crippen LogP contribution in [0.15, 0.2) is 30.3 Å². The highest BCUT2D eigenvalue weighted by atomic mass is 32.2. The first-order valence-electron chi connectivity index (χ1n) is 5.54. The number of thiol groups is 1. The van der Waals surface area contributed by atoms with Crippen molar-refractivity contribution in [3.63, 3.8) is 0 Å². The predicted octanol–water partition coefficient (Wildman–Crippen LogP) is 3.97. The molecule has 0 aliphatic carbocycles. The Balaban J connectivity index is 2.59. The van der Waals surface area contributed by atoms with E-state index < -0.39 is 0 Å². The van der Waals surface area contributed by atoms with Gasteiger partial charge in [0.2, 0.25) is 0 Å². The van der Waals surface area contributed by atoms with Crippen molar-refractivity contribution < 1.29 is 0 Å². The lowest BCUT2D eigenvalue weighted by Crippen LogP contribution is -2.03. The van der Waals surface area contributed by atoms with E-state index in [9.17, 15) is 0 Å². The van der Waals surface area contributed by atoms with E-state index in [1.54, 1.807) is 0 Å². The molecule has 0 aliphatic heterocycles. The molecule has 2 atom stereocenters. The summed E-state index contributed by atoms with van der Waals surface area (Å²) in [5, 5.41) is 3.69. The van der Waals surface area contributed by atoms with Crippen molar-refractivity contribution >= 4 is 10.9 Å². The van der Waals surface area contributed by atoms with Crippen LogP contribution in [0.2, 0.25) is 0 Å². The molecule has 0 aromatic heterocycles. The van der Waals surface area contributed by atoms with E-state index >= 15 is 0 Å². The highest BCUT2D eigenvalue weighted by Crippen LogP contribution is 2.36. The minimum Gasteiger partial charge on any atom is -0.183 e. The smallest absolute Gasteiger partial charge is 0.0104 e. The molecule has 0 heterocycles. The van der Waals surface area contributed by atoms with E-state index in [1.807, 2.05) is 0 Å². The molecular weight excluding hydrogens is 200 g/mol. The molecule has 1 aromatic rings. The van der Waals surface area contributed by atoms with Crippen LogP contribution in [0.4, 0.5) is 0 Å². The van der Waals surface area contributed by atoms with E-state index in [4.69, 9.17) is 6.42 Å². The van der Waals surface area contributed by atoms with Crippen LogP contribution in [0, 0.1) is 11.7 Å². The number of rotatable bonds is 5. The van der Waals surface area contributed by atoms with Gasteiger partial charge in [-0.2, -0.15) is 10.9 Å². The number of hydrogen-bond acceptors (Lipinski definition) is 0. The van der Waals surface area contributed by atoms with E-state index in [2.05, 4.69) is 49.4 Å². The zero-order chi connectivity index (χ0) is 11.1. The first-order chi connectivity index (χ1) is 7.27. The van der Waals surface area contributed by atoms with Gasteiger partial charge in [-0.1, -0.05) is 55.9 Å². The second-order valence-corrected chi connectivity index (χ2v) is 6.28. The lowest BCUT2D eigenvalue weighted by atomic mass is 10.2. The van der Waals surface area contributed by atoms with Gasteiger partial charge >= 0.3 is 0 Å². The first-order valence-corrected chi connectivity index (χ1v) is 7.14. The molecule has 0 aliphatic rings. The Kier molecular flexibility index (Phi) is 5.36. The van der Waals surface area contributed by atoms with Crippen LogP contribution < -0.4 is 0 Å². The van der Waals surface area contributed by atoms with Gasteiger partial charge in [0.15, 0.2) is 0 Å². The van der Waals surface area contributed by atoms with Crippen LogP contribution in [-0.2, 0) is 5.75 Å². The Bertz CT molecular complexity index is 310. The molecule has 0 spiro atoms. The molecule has 0 saturated carbocycles. The van der Waals surface area contributed by atoms with Gasteiger partial charge in [-0.05, 0) is 17.2 Å². The average Bonchev–Trinajstić information content (AvgIpc) is 2.27. The van der Waals surface area contributed by atoms with E-state index in [0.29, 0.717) is 5.25 Å². The largest absolute Gasteiger partial charge is 0.183 e. The van der Waals surface area contributed by atoms with Gasteiger partial charge in [-0.15, -0.1) is 6.42 Å². The van der Waals surface area contributed by atoms with Crippen molar-refractivity contribution in [3.8, 4) is 11.7 Å². The summed E-state index contributed by atoms with van der Waals surface area (Å²) in [5.74, 6) is 1.08. The van der Waals surface area contributed by atoms with Crippen LogP contribution in [0.25, 0.3) is 0 Å². The third-order valence-electron chi connectivity index (χ3n) is 2.60. The summed E-state index contributed by atoms with van der Waals surface area (Å²) in [4.78, 5) is 0. The molecule has 0 nitrogen and oxygen atoms in total. The second kappa shape index (κ2) is 6.58. The minimum absolute atomic E-state index is 0.274. The van der Waals surface area contributed by atoms with E-state index in [0.717, 1.165) is 5.75 Å². The SMILES string of the molecule is C#C[SH](Cc1ccccc1)C(C)CCC. The first kappa shape index (κ1) is 12.2. The van der Waals surface area contributed by atoms with Gasteiger partial charge < -0.3 is 0 Å². The summed E-state index contributed by atoms with van der Waals surface area (Å²) in [6.07, 6.45) is 8.12. The molecule has 0 amide bonds. The fourth-order valence-corrected chi connectivity index (χ4v) is 3.51. The number of benzene rings is 1. The zero-order valence-electron chi connectivity index (χ0n) is 9.61. The molecule has 0 bridgehead atoms. The summed E-state index contributed by atoms with van der Waals surface area (Å²) in [5.41, 5.74) is 1.38. The summed E-state index contributed by atoms with van der Waals surface area (Å²) in [6, 6.07) is 10.6. The van der Waals surface area contributed by atoms with E-state index in [1.165, 1.54) is 18.4 Å². The normalized spacial score (nSPS) is 15.4. The standard InChI is InChI=1S/C14H20S/c1-4-9-13(3)15(5-2)12-14-10-7-6-8-11-14/h2,6-8,10-11,13,15H,4,9,12H2,1,3H3. The van der Waals surface area contributed by atoms with Crippen LogP contribution in [-0.4, -0.2) is 5.25 Å². The fourth-order valence-electron chi connectivity index (χ4n) is 1.68. The van der Waals surface area contributed by atoms with Gasteiger partial charge in [-0.3, -0.25) is 0 Å². The van der Waals surface area contributed by atoms with Crippen molar-refractivity contribution in [2.24, 2.45) is 0 Å². The maximum absolute atomic E-state index is 5.63. The quantitative estimate of drug-likeness (QED) is 0.563. The van der Waals surface area contributed by atoms with Crippen LogP contribution in [0.3, 0.4) is 0 Å². The Labute approximate surface area is 96.4 Å². The highest BCUT2D eigenvalue weighted by molar-refractivity contribution is 8.21. The molecule has 1 aromatic carbocycles. The monoisotopic (exact) mass is 220 g/mol. The second-order valence-electron chi connectivity index (χ2n) is 3.88. The molecule has 82 valence electrons. The summed E-state index contributed by atoms with van der Waals surface area (Å²) < 4.78 is 0. The van der Waals surface area contributed by atoms with Crippen LogP contribution in [0.5, 0.6) is 0 Å². The fraction of sp³-hybridized carbons (Fsp3) is 0.429. The van der Waals surface area contributed by atoms with Crippen LogP contribution >= 0.6 is 10.9 Å². The average molecular weight is 220 g/mol. The third-order valence-corrected chi connectivity index (χ3v) is 4.96. The maximum atomic E-state index is 5.63. The molecule has 0 saturated heterocycles. The minimum atomic E-state index is -0.274. The Morgan fingerprint density at radius 2 is 2.00 bits per heavy atom. The van der Waals surface area contributed by atoms with Crippen molar-refractivity contribution in [2.45, 2.75) is 37.7 Å². The zero-order valence-corrected chi connectivity index (χ0v) is 10.5. The molecular formula is C14H20S. The molecule has 1 heteroatoms. The molecule has 15 heavy (non-hydrogen) atoms. The lowest BCUT2D eigenvalue weighted by molar-refractivity contribution is 0.784. The Morgan fingerprint density at radius 3 is 2.53 bits per heavy atom. The number of hydrogen-bond donors (Lipinski definition) is 1. The molecule has 0 radical (unpaired) electrons. The Morgan fingerprint density at radius 1 is 1.33 bits per heavy atom. The topological polar surface area (TPSA) is 0 Å². The maximum Gasteiger partial charge on any atom is 0.0104 e. The molecule has 1 rings (SSSR count). The van der Waals surface area contributed by atoms with Crippen LogP contribution in [0.1, 0.15) is 32.3 Å². The van der Waals surface area contributed by atoms with Gasteiger partial charge in [-0.25, -0.2) is 0 Å². The molecule has 2 unspecified atom stereocenters. The highest BCUT2D eigenvalue weighted by Gasteiger charge is 2.10. The van der Waals surface area contributed by atoms with Crippen molar-refractivity contribution in [2.75, 3.05) is 0 Å². The summed E-state index contributed by atoms with van der Waals surface area (Å²) in [7, 11) is -0.274. The molecule has 0 fully saturated rings. The van der Waals surface area contributed by atoms with Gasteiger partial charge in [0.25, 0.3) is 0 Å². The van der Waals surface area contributed by atoms with Gasteiger partial charge in [0.1, 0.15) is 0 Å². The van der Waals surface area contributed by atoms with Gasteiger partial charge in [0, 0.05) is 5.75 Å². The Hall–Kier alpha value is -0.870. The predicted molar refractivity (Wildman–Crippen MR) is 72.3 cm³/mol. The van der Waals surface area contributed by atoms with Crippen molar-refractivity contribution in [1.29, 1.82) is 0 Å². The lowest BCUT2D eigenvalue weighted by Gasteiger charge is -2.22. The number of terminal acetylenes is 1.